The van der Waals surface area contributed by atoms with Gasteiger partial charge < -0.3 is 5.32 Å². The zero-order chi connectivity index (χ0) is 21.4. The SMILES string of the molecule is O=C(/C=C1/Sc2ccccc2-c2cc(Nc3ccccc3)nn21)c1ccc(Cl)cc1Cl. The van der Waals surface area contributed by atoms with Crippen LogP contribution in [0, 0.1) is 0 Å². The molecular weight excluding hydrogens is 449 g/mol. The minimum Gasteiger partial charge on any atom is -0.339 e. The first kappa shape index (κ1) is 19.9. The van der Waals surface area contributed by atoms with Gasteiger partial charge in [-0.1, -0.05) is 71.4 Å². The third-order valence-electron chi connectivity index (χ3n) is 4.79. The summed E-state index contributed by atoms with van der Waals surface area (Å²) < 4.78 is 1.79. The number of nitrogens with one attached hydrogen (secondary N) is 1. The Bertz CT molecular complexity index is 1330. The summed E-state index contributed by atoms with van der Waals surface area (Å²) >= 11 is 13.7. The van der Waals surface area contributed by atoms with Crippen molar-refractivity contribution in [2.75, 3.05) is 5.32 Å². The van der Waals surface area contributed by atoms with Gasteiger partial charge in [0.2, 0.25) is 0 Å². The number of rotatable bonds is 4. The highest BCUT2D eigenvalue weighted by Gasteiger charge is 2.24. The molecular formula is C24H15Cl2N3OS. The first-order chi connectivity index (χ1) is 15.1. The van der Waals surface area contributed by atoms with Crippen molar-refractivity contribution in [2.24, 2.45) is 0 Å². The Balaban J connectivity index is 1.57. The van der Waals surface area contributed by atoms with Crippen LogP contribution in [0.3, 0.4) is 0 Å². The summed E-state index contributed by atoms with van der Waals surface area (Å²) in [4.78, 5) is 14.0. The minimum absolute atomic E-state index is 0.206. The summed E-state index contributed by atoms with van der Waals surface area (Å²) in [5, 5.41) is 9.55. The van der Waals surface area contributed by atoms with Crippen LogP contribution in [0.5, 0.6) is 0 Å². The number of benzene rings is 3. The molecule has 1 N–H and O–H groups in total. The molecule has 3 aromatic carbocycles. The summed E-state index contributed by atoms with van der Waals surface area (Å²) in [5.74, 6) is 0.490. The van der Waals surface area contributed by atoms with Crippen LogP contribution in [0.2, 0.25) is 10.0 Å². The molecule has 152 valence electrons. The first-order valence-electron chi connectivity index (χ1n) is 9.49. The molecule has 1 aliphatic rings. The number of carbonyl (C=O) groups excluding carboxylic acids is 1. The number of hydrogen-bond donors (Lipinski definition) is 1. The Labute approximate surface area is 193 Å². The van der Waals surface area contributed by atoms with Gasteiger partial charge in [-0.05, 0) is 36.4 Å². The zero-order valence-electron chi connectivity index (χ0n) is 16.0. The van der Waals surface area contributed by atoms with Crippen LogP contribution in [0.25, 0.3) is 16.3 Å². The average Bonchev–Trinajstić information content (AvgIpc) is 3.18. The summed E-state index contributed by atoms with van der Waals surface area (Å²) in [7, 11) is 0. The molecule has 1 aliphatic heterocycles. The fraction of sp³-hybridized carbons (Fsp3) is 0. The number of nitrogens with zero attached hydrogens (tertiary/aromatic N) is 2. The number of ketones is 1. The van der Waals surface area contributed by atoms with Gasteiger partial charge in [-0.15, -0.1) is 5.10 Å². The molecule has 0 radical (unpaired) electrons. The molecule has 0 fully saturated rings. The van der Waals surface area contributed by atoms with Crippen molar-refractivity contribution in [3.8, 4) is 11.3 Å². The smallest absolute Gasteiger partial charge is 0.190 e. The second kappa shape index (κ2) is 8.27. The third kappa shape index (κ3) is 4.00. The highest BCUT2D eigenvalue weighted by molar-refractivity contribution is 8.08. The Morgan fingerprint density at radius 2 is 1.74 bits per heavy atom. The van der Waals surface area contributed by atoms with Crippen molar-refractivity contribution in [1.29, 1.82) is 0 Å². The lowest BCUT2D eigenvalue weighted by Crippen LogP contribution is -2.07. The van der Waals surface area contributed by atoms with Gasteiger partial charge in [-0.2, -0.15) is 0 Å². The molecule has 0 atom stereocenters. The molecule has 7 heteroatoms. The monoisotopic (exact) mass is 463 g/mol. The standard InChI is InChI=1S/C24H15Cl2N3OS/c25-15-10-11-17(19(26)12-15)21(30)14-24-29-20(18-8-4-5-9-22(18)31-24)13-23(28-29)27-16-6-2-1-3-7-16/h1-14H,(H,27,28)/b24-14+. The zero-order valence-corrected chi connectivity index (χ0v) is 18.4. The van der Waals surface area contributed by atoms with Crippen LogP contribution < -0.4 is 5.32 Å². The summed E-state index contributed by atoms with van der Waals surface area (Å²) in [6.07, 6.45) is 1.57. The number of aromatic nitrogens is 2. The van der Waals surface area contributed by atoms with E-state index < -0.39 is 0 Å². The van der Waals surface area contributed by atoms with Gasteiger partial charge >= 0.3 is 0 Å². The average molecular weight is 464 g/mol. The Morgan fingerprint density at radius 1 is 0.968 bits per heavy atom. The molecule has 4 aromatic rings. The van der Waals surface area contributed by atoms with Gasteiger partial charge in [0.25, 0.3) is 0 Å². The van der Waals surface area contributed by atoms with Crippen LogP contribution in [-0.2, 0) is 0 Å². The van der Waals surface area contributed by atoms with E-state index in [1.165, 1.54) is 11.8 Å². The first-order valence-corrected chi connectivity index (χ1v) is 11.1. The van der Waals surface area contributed by atoms with Gasteiger partial charge in [0.1, 0.15) is 5.03 Å². The number of fused-ring (bicyclic) bond motifs is 3. The van der Waals surface area contributed by atoms with E-state index in [4.69, 9.17) is 28.3 Å². The van der Waals surface area contributed by atoms with Crippen LogP contribution in [-0.4, -0.2) is 15.6 Å². The number of hydrogen-bond acceptors (Lipinski definition) is 4. The van der Waals surface area contributed by atoms with Gasteiger partial charge in [0, 0.05) is 38.9 Å². The van der Waals surface area contributed by atoms with Crippen molar-refractivity contribution in [2.45, 2.75) is 4.90 Å². The number of para-hydroxylation sites is 1. The second-order valence-corrected chi connectivity index (χ2v) is 8.79. The molecule has 4 nitrogen and oxygen atoms in total. The largest absolute Gasteiger partial charge is 0.339 e. The molecule has 0 unspecified atom stereocenters. The lowest BCUT2D eigenvalue weighted by atomic mass is 10.1. The summed E-state index contributed by atoms with van der Waals surface area (Å²) in [5.41, 5.74) is 3.31. The fourth-order valence-electron chi connectivity index (χ4n) is 3.36. The molecule has 1 aromatic heterocycles. The number of anilines is 2. The quantitative estimate of drug-likeness (QED) is 0.253. The van der Waals surface area contributed by atoms with E-state index in [0.29, 0.717) is 26.5 Å². The van der Waals surface area contributed by atoms with Crippen molar-refractivity contribution < 1.29 is 4.79 Å². The molecule has 0 bridgehead atoms. The fourth-order valence-corrected chi connectivity index (χ4v) is 4.91. The van der Waals surface area contributed by atoms with E-state index in [0.717, 1.165) is 21.8 Å². The molecule has 0 aliphatic carbocycles. The lowest BCUT2D eigenvalue weighted by molar-refractivity contribution is 0.104. The van der Waals surface area contributed by atoms with Crippen LogP contribution in [0.4, 0.5) is 11.5 Å². The highest BCUT2D eigenvalue weighted by atomic mass is 35.5. The number of halogens is 2. The van der Waals surface area contributed by atoms with Crippen molar-refractivity contribution >= 4 is 57.3 Å². The Hall–Kier alpha value is -2.99. The van der Waals surface area contributed by atoms with E-state index in [-0.39, 0.29) is 5.78 Å². The van der Waals surface area contributed by atoms with Crippen molar-refractivity contribution in [1.82, 2.24) is 9.78 Å². The summed E-state index contributed by atoms with van der Waals surface area (Å²) in [6.45, 7) is 0. The van der Waals surface area contributed by atoms with Crippen LogP contribution in [0.1, 0.15) is 10.4 Å². The maximum Gasteiger partial charge on any atom is 0.190 e. The molecule has 0 saturated heterocycles. The second-order valence-electron chi connectivity index (χ2n) is 6.89. The van der Waals surface area contributed by atoms with E-state index >= 15 is 0 Å². The summed E-state index contributed by atoms with van der Waals surface area (Å²) in [6, 6.07) is 24.8. The topological polar surface area (TPSA) is 46.9 Å². The van der Waals surface area contributed by atoms with Gasteiger partial charge in [-0.25, -0.2) is 4.68 Å². The molecule has 31 heavy (non-hydrogen) atoms. The third-order valence-corrected chi connectivity index (χ3v) is 6.42. The maximum absolute atomic E-state index is 13.0. The number of allylic oxidation sites excluding steroid dienone is 1. The Kier molecular flexibility index (Phi) is 5.32. The predicted molar refractivity (Wildman–Crippen MR) is 128 cm³/mol. The maximum atomic E-state index is 13.0. The van der Waals surface area contributed by atoms with E-state index in [1.807, 2.05) is 54.6 Å². The van der Waals surface area contributed by atoms with Gasteiger partial charge in [-0.3, -0.25) is 4.79 Å². The minimum atomic E-state index is -0.206. The lowest BCUT2D eigenvalue weighted by Gasteiger charge is -2.19. The molecule has 2 heterocycles. The molecule has 0 amide bonds. The molecule has 0 saturated carbocycles. The normalized spacial score (nSPS) is 13.5. The van der Waals surface area contributed by atoms with Crippen LogP contribution in [0.15, 0.2) is 89.8 Å². The van der Waals surface area contributed by atoms with Crippen LogP contribution >= 0.6 is 35.0 Å². The number of carbonyl (C=O) groups is 1. The molecule has 5 rings (SSSR count). The van der Waals surface area contributed by atoms with Gasteiger partial charge in [0.05, 0.1) is 10.7 Å². The molecule has 0 spiro atoms. The van der Waals surface area contributed by atoms with E-state index in [9.17, 15) is 4.79 Å². The highest BCUT2D eigenvalue weighted by Crippen LogP contribution is 2.45. The van der Waals surface area contributed by atoms with E-state index in [1.54, 1.807) is 29.0 Å². The Morgan fingerprint density at radius 3 is 2.55 bits per heavy atom. The van der Waals surface area contributed by atoms with Crippen molar-refractivity contribution in [3.05, 3.63) is 101 Å². The van der Waals surface area contributed by atoms with E-state index in [2.05, 4.69) is 11.4 Å². The predicted octanol–water partition coefficient (Wildman–Crippen LogP) is 7.39. The number of thioether (sulfide) groups is 1. The van der Waals surface area contributed by atoms with Gasteiger partial charge in [0.15, 0.2) is 11.6 Å². The van der Waals surface area contributed by atoms with Crippen molar-refractivity contribution in [3.63, 3.8) is 0 Å².